The number of aliphatic hydroxyl groups excluding tert-OH is 1. The van der Waals surface area contributed by atoms with Crippen LogP contribution in [0.15, 0.2) is 42.9 Å². The molecule has 2 heterocycles. The largest absolute Gasteiger partial charge is 0.392 e. The van der Waals surface area contributed by atoms with Crippen LogP contribution in [0.2, 0.25) is 0 Å². The van der Waals surface area contributed by atoms with E-state index in [1.807, 2.05) is 37.6 Å². The molecule has 0 aliphatic rings. The van der Waals surface area contributed by atoms with E-state index in [0.29, 0.717) is 0 Å². The molecule has 1 aromatic carbocycles. The first-order chi connectivity index (χ1) is 8.76. The summed E-state index contributed by atoms with van der Waals surface area (Å²) in [5.41, 5.74) is 3.25. The fourth-order valence-electron chi connectivity index (χ4n) is 2.22. The first kappa shape index (κ1) is 11.0. The van der Waals surface area contributed by atoms with Gasteiger partial charge in [0.2, 0.25) is 0 Å². The highest BCUT2D eigenvalue weighted by Gasteiger charge is 2.04. The van der Waals surface area contributed by atoms with Crippen molar-refractivity contribution in [1.82, 2.24) is 14.3 Å². The van der Waals surface area contributed by atoms with Gasteiger partial charge in [-0.05, 0) is 23.1 Å². The molecule has 0 aliphatic heterocycles. The van der Waals surface area contributed by atoms with E-state index < -0.39 is 0 Å². The summed E-state index contributed by atoms with van der Waals surface area (Å²) < 4.78 is 3.98. The maximum absolute atomic E-state index is 9.20. The Morgan fingerprint density at radius 1 is 1.22 bits per heavy atom. The van der Waals surface area contributed by atoms with Crippen LogP contribution in [0.25, 0.3) is 10.9 Å². The van der Waals surface area contributed by atoms with E-state index in [4.69, 9.17) is 0 Å². The summed E-state index contributed by atoms with van der Waals surface area (Å²) in [4.78, 5) is 0. The van der Waals surface area contributed by atoms with Crippen molar-refractivity contribution in [3.8, 4) is 0 Å². The van der Waals surface area contributed by atoms with Gasteiger partial charge in [-0.1, -0.05) is 12.1 Å². The van der Waals surface area contributed by atoms with Crippen LogP contribution in [0.4, 0.5) is 0 Å². The SMILES string of the molecule is Cn1cc(Cn2ccc3ccc(CO)cc32)cn1. The molecule has 3 aromatic rings. The number of rotatable bonds is 3. The van der Waals surface area contributed by atoms with E-state index in [0.717, 1.165) is 17.6 Å². The Balaban J connectivity index is 2.01. The summed E-state index contributed by atoms with van der Waals surface area (Å²) in [6.07, 6.45) is 5.96. The lowest BCUT2D eigenvalue weighted by Gasteiger charge is -2.04. The number of nitrogens with zero attached hydrogens (tertiary/aromatic N) is 3. The number of aryl methyl sites for hydroxylation is 1. The van der Waals surface area contributed by atoms with Crippen molar-refractivity contribution in [3.63, 3.8) is 0 Å². The first-order valence-corrected chi connectivity index (χ1v) is 5.92. The van der Waals surface area contributed by atoms with Gasteiger partial charge in [-0.25, -0.2) is 0 Å². The highest BCUT2D eigenvalue weighted by molar-refractivity contribution is 5.80. The van der Waals surface area contributed by atoms with Gasteiger partial charge in [0, 0.05) is 30.5 Å². The van der Waals surface area contributed by atoms with Gasteiger partial charge >= 0.3 is 0 Å². The van der Waals surface area contributed by atoms with Crippen LogP contribution in [0.1, 0.15) is 11.1 Å². The van der Waals surface area contributed by atoms with Crippen molar-refractivity contribution in [2.75, 3.05) is 0 Å². The Morgan fingerprint density at radius 3 is 2.83 bits per heavy atom. The second kappa shape index (κ2) is 4.31. The summed E-state index contributed by atoms with van der Waals surface area (Å²) in [6.45, 7) is 0.875. The molecule has 4 nitrogen and oxygen atoms in total. The molecule has 0 saturated carbocycles. The molecule has 0 aliphatic carbocycles. The standard InChI is InChI=1S/C14H15N3O/c1-16-8-12(7-15-16)9-17-5-4-13-3-2-11(10-18)6-14(13)17/h2-8,18H,9-10H2,1H3. The highest BCUT2D eigenvalue weighted by atomic mass is 16.3. The average Bonchev–Trinajstić information content (AvgIpc) is 2.96. The van der Waals surface area contributed by atoms with Crippen molar-refractivity contribution in [1.29, 1.82) is 0 Å². The zero-order valence-electron chi connectivity index (χ0n) is 10.2. The second-order valence-electron chi connectivity index (χ2n) is 4.52. The number of fused-ring (bicyclic) bond motifs is 1. The van der Waals surface area contributed by atoms with E-state index in [9.17, 15) is 5.11 Å². The summed E-state index contributed by atoms with van der Waals surface area (Å²) in [7, 11) is 1.92. The Bertz CT molecular complexity index is 681. The van der Waals surface area contributed by atoms with Crippen molar-refractivity contribution >= 4 is 10.9 Å². The van der Waals surface area contributed by atoms with E-state index in [1.165, 1.54) is 10.9 Å². The topological polar surface area (TPSA) is 43.0 Å². The van der Waals surface area contributed by atoms with Crippen LogP contribution < -0.4 is 0 Å². The van der Waals surface area contributed by atoms with Gasteiger partial charge in [0.1, 0.15) is 0 Å². The molecule has 0 spiro atoms. The zero-order valence-corrected chi connectivity index (χ0v) is 10.2. The summed E-state index contributed by atoms with van der Waals surface area (Å²) in [5.74, 6) is 0. The Labute approximate surface area is 105 Å². The minimum Gasteiger partial charge on any atom is -0.392 e. The number of aliphatic hydroxyl groups is 1. The maximum atomic E-state index is 9.20. The molecule has 0 bridgehead atoms. The van der Waals surface area contributed by atoms with Crippen LogP contribution in [-0.4, -0.2) is 19.5 Å². The molecule has 2 aromatic heterocycles. The van der Waals surface area contributed by atoms with E-state index >= 15 is 0 Å². The van der Waals surface area contributed by atoms with Gasteiger partial charge in [0.15, 0.2) is 0 Å². The normalized spacial score (nSPS) is 11.2. The van der Waals surface area contributed by atoms with Crippen molar-refractivity contribution in [3.05, 3.63) is 54.0 Å². The van der Waals surface area contributed by atoms with Crippen molar-refractivity contribution < 1.29 is 5.11 Å². The van der Waals surface area contributed by atoms with E-state index in [2.05, 4.69) is 21.9 Å². The van der Waals surface area contributed by atoms with Crippen LogP contribution in [0, 0.1) is 0 Å². The quantitative estimate of drug-likeness (QED) is 0.761. The van der Waals surface area contributed by atoms with Crippen LogP contribution >= 0.6 is 0 Å². The fourth-order valence-corrected chi connectivity index (χ4v) is 2.22. The molecule has 0 radical (unpaired) electrons. The molecule has 0 unspecified atom stereocenters. The first-order valence-electron chi connectivity index (χ1n) is 5.92. The smallest absolute Gasteiger partial charge is 0.0682 e. The van der Waals surface area contributed by atoms with Crippen LogP contribution in [0.5, 0.6) is 0 Å². The lowest BCUT2D eigenvalue weighted by molar-refractivity contribution is 0.282. The summed E-state index contributed by atoms with van der Waals surface area (Å²) >= 11 is 0. The fraction of sp³-hybridized carbons (Fsp3) is 0.214. The van der Waals surface area contributed by atoms with Gasteiger partial charge in [0.25, 0.3) is 0 Å². The molecule has 3 rings (SSSR count). The zero-order chi connectivity index (χ0) is 12.5. The predicted molar refractivity (Wildman–Crippen MR) is 70.2 cm³/mol. The molecule has 1 N–H and O–H groups in total. The van der Waals surface area contributed by atoms with Crippen molar-refractivity contribution in [2.45, 2.75) is 13.2 Å². The molecular weight excluding hydrogens is 226 g/mol. The van der Waals surface area contributed by atoms with Gasteiger partial charge < -0.3 is 9.67 Å². The monoisotopic (exact) mass is 241 g/mol. The third-order valence-corrected chi connectivity index (χ3v) is 3.13. The third kappa shape index (κ3) is 1.91. The molecule has 0 atom stereocenters. The minimum atomic E-state index is 0.0774. The van der Waals surface area contributed by atoms with Gasteiger partial charge in [-0.15, -0.1) is 0 Å². The summed E-state index contributed by atoms with van der Waals surface area (Å²) in [6, 6.07) is 8.12. The highest BCUT2D eigenvalue weighted by Crippen LogP contribution is 2.19. The van der Waals surface area contributed by atoms with E-state index in [-0.39, 0.29) is 6.61 Å². The maximum Gasteiger partial charge on any atom is 0.0682 e. The second-order valence-corrected chi connectivity index (χ2v) is 4.52. The number of hydrogen-bond acceptors (Lipinski definition) is 2. The Morgan fingerprint density at radius 2 is 2.11 bits per heavy atom. The van der Waals surface area contributed by atoms with Crippen molar-refractivity contribution in [2.24, 2.45) is 7.05 Å². The number of aromatic nitrogens is 3. The Kier molecular flexibility index (Phi) is 2.64. The van der Waals surface area contributed by atoms with Gasteiger partial charge in [-0.3, -0.25) is 4.68 Å². The lowest BCUT2D eigenvalue weighted by atomic mass is 10.2. The predicted octanol–water partition coefficient (Wildman–Crippen LogP) is 1.92. The van der Waals surface area contributed by atoms with Crippen LogP contribution in [-0.2, 0) is 20.2 Å². The number of benzene rings is 1. The molecule has 0 saturated heterocycles. The molecular formula is C14H15N3O. The van der Waals surface area contributed by atoms with Gasteiger partial charge in [0.05, 0.1) is 19.3 Å². The van der Waals surface area contributed by atoms with Gasteiger partial charge in [-0.2, -0.15) is 5.10 Å². The summed E-state index contributed by atoms with van der Waals surface area (Å²) in [5, 5.41) is 14.6. The van der Waals surface area contributed by atoms with E-state index in [1.54, 1.807) is 4.68 Å². The molecule has 92 valence electrons. The molecule has 0 amide bonds. The average molecular weight is 241 g/mol. The minimum absolute atomic E-state index is 0.0774. The number of hydrogen-bond donors (Lipinski definition) is 1. The molecule has 0 fully saturated rings. The molecule has 18 heavy (non-hydrogen) atoms. The van der Waals surface area contributed by atoms with Crippen LogP contribution in [0.3, 0.4) is 0 Å². The Hall–Kier alpha value is -2.07. The lowest BCUT2D eigenvalue weighted by Crippen LogP contribution is -1.97. The molecule has 4 heteroatoms. The third-order valence-electron chi connectivity index (χ3n) is 3.13.